The molecule has 80 heavy (non-hydrogen) atoms. The van der Waals surface area contributed by atoms with Crippen LogP contribution >= 0.6 is 0 Å². The molecule has 5 N–H and O–H groups in total. The zero-order chi connectivity index (χ0) is 58.1. The number of aromatic nitrogens is 3. The van der Waals surface area contributed by atoms with Gasteiger partial charge in [-0.3, -0.25) is 24.6 Å². The number of alkyl halides is 6. The third kappa shape index (κ3) is 13.2. The molecule has 4 amide bonds. The number of methoxy groups -OCH3 is 2. The second-order valence-electron chi connectivity index (χ2n) is 21.6. The molecule has 18 nitrogen and oxygen atoms in total. The number of anilines is 1. The van der Waals surface area contributed by atoms with Crippen LogP contribution < -0.4 is 26.3 Å². The van der Waals surface area contributed by atoms with Crippen molar-refractivity contribution in [1.29, 1.82) is 0 Å². The molecule has 0 spiro atoms. The van der Waals surface area contributed by atoms with Crippen molar-refractivity contribution in [1.82, 2.24) is 46.0 Å². The van der Waals surface area contributed by atoms with Crippen LogP contribution in [0, 0.1) is 34.3 Å². The van der Waals surface area contributed by atoms with Crippen LogP contribution in [0.15, 0.2) is 67.0 Å². The number of nitrogens with one attached hydrogen (secondary N) is 4. The summed E-state index contributed by atoms with van der Waals surface area (Å²) in [6.45, 7) is 3.71. The third-order valence-corrected chi connectivity index (χ3v) is 15.3. The van der Waals surface area contributed by atoms with Gasteiger partial charge in [0, 0.05) is 72.9 Å². The number of hydrazine groups is 1. The number of nitrogens with zero attached hydrogens (tertiary/aromatic N) is 6. The number of benzene rings is 2. The summed E-state index contributed by atoms with van der Waals surface area (Å²) in [4.78, 5) is 62.5. The summed E-state index contributed by atoms with van der Waals surface area (Å²) in [6, 6.07) is 8.15. The highest BCUT2D eigenvalue weighted by Crippen LogP contribution is 2.42. The lowest BCUT2D eigenvalue weighted by atomic mass is 9.82. The number of carbonyl (C=O) groups excluding carboxylic acids is 4. The van der Waals surface area contributed by atoms with E-state index in [1.807, 2.05) is 22.8 Å². The average Bonchev–Trinajstić information content (AvgIpc) is 3.92. The normalized spacial score (nSPS) is 19.3. The van der Waals surface area contributed by atoms with Crippen molar-refractivity contribution in [3.05, 3.63) is 101 Å². The molecule has 0 radical (unpaired) electrons. The Morgan fingerprint density at radius 2 is 1.36 bits per heavy atom. The number of hydrogen-bond acceptors (Lipinski definition) is 13. The maximum atomic E-state index is 16.2. The summed E-state index contributed by atoms with van der Waals surface area (Å²) >= 11 is 0. The van der Waals surface area contributed by atoms with Crippen molar-refractivity contribution in [3.63, 3.8) is 0 Å². The van der Waals surface area contributed by atoms with Crippen molar-refractivity contribution in [2.45, 2.75) is 121 Å². The number of piperazine rings is 1. The summed E-state index contributed by atoms with van der Waals surface area (Å²) in [5.41, 5.74) is -3.07. The first-order chi connectivity index (χ1) is 37.7. The molecule has 1 aliphatic carbocycles. The second kappa shape index (κ2) is 23.6. The first kappa shape index (κ1) is 59.1. The lowest BCUT2D eigenvalue weighted by Gasteiger charge is -2.42. The lowest BCUT2D eigenvalue weighted by Crippen LogP contribution is -2.63. The number of fused-ring (bicyclic) bond motifs is 2. The van der Waals surface area contributed by atoms with E-state index in [2.05, 4.69) is 51.9 Å². The Morgan fingerprint density at radius 3 is 1.88 bits per heavy atom. The number of halogens is 8. The summed E-state index contributed by atoms with van der Waals surface area (Å²) in [5.74, 6) is 1.39. The van der Waals surface area contributed by atoms with E-state index in [1.54, 1.807) is 29.2 Å². The van der Waals surface area contributed by atoms with E-state index in [0.717, 1.165) is 77.7 Å². The molecule has 4 aliphatic rings. The molecule has 8 rings (SSSR count). The number of aliphatic hydroxyl groups is 1. The molecule has 6 atom stereocenters. The first-order valence-electron chi connectivity index (χ1n) is 25.7. The third-order valence-electron chi connectivity index (χ3n) is 15.3. The van der Waals surface area contributed by atoms with Gasteiger partial charge in [-0.15, -0.1) is 0 Å². The predicted molar refractivity (Wildman–Crippen MR) is 272 cm³/mol. The molecular formula is C54H62F8N10O8. The van der Waals surface area contributed by atoms with E-state index in [-0.39, 0.29) is 17.3 Å². The molecule has 0 unspecified atom stereocenters. The fourth-order valence-electron chi connectivity index (χ4n) is 9.82. The van der Waals surface area contributed by atoms with Gasteiger partial charge in [0.1, 0.15) is 29.5 Å². The van der Waals surface area contributed by atoms with E-state index >= 15 is 8.78 Å². The zero-order valence-electron chi connectivity index (χ0n) is 44.6. The Hall–Kier alpha value is -7.08. The number of hydrogen-bond donors (Lipinski definition) is 5. The fourth-order valence-corrected chi connectivity index (χ4v) is 9.82. The Labute approximate surface area is 455 Å². The summed E-state index contributed by atoms with van der Waals surface area (Å²) in [5, 5.41) is 23.2. The number of ether oxygens (including phenoxy) is 3. The van der Waals surface area contributed by atoms with Crippen LogP contribution in [0.4, 0.5) is 50.5 Å². The van der Waals surface area contributed by atoms with Crippen LogP contribution in [0.25, 0.3) is 11.3 Å². The van der Waals surface area contributed by atoms with Gasteiger partial charge in [0.05, 0.1) is 68.2 Å². The maximum absolute atomic E-state index is 16.2. The van der Waals surface area contributed by atoms with Gasteiger partial charge in [-0.2, -0.15) is 31.4 Å². The maximum Gasteiger partial charge on any atom is 0.407 e. The molecule has 2 aromatic heterocycles. The largest absolute Gasteiger partial charge is 0.453 e. The van der Waals surface area contributed by atoms with Gasteiger partial charge in [0.2, 0.25) is 5.91 Å². The smallest absolute Gasteiger partial charge is 0.407 e. The minimum atomic E-state index is -5.18. The Balaban J connectivity index is 1.07. The topological polar surface area (TPSA) is 205 Å². The van der Waals surface area contributed by atoms with Crippen molar-refractivity contribution < 1.29 is 73.6 Å². The van der Waals surface area contributed by atoms with Gasteiger partial charge in [-0.25, -0.2) is 28.4 Å². The van der Waals surface area contributed by atoms with E-state index in [9.17, 15) is 50.6 Å². The predicted octanol–water partition coefficient (Wildman–Crippen LogP) is 6.17. The highest BCUT2D eigenvalue weighted by molar-refractivity contribution is 5.87. The molecule has 3 aliphatic heterocycles. The lowest BCUT2D eigenvalue weighted by molar-refractivity contribution is -0.221. The number of alkyl carbamates (subject to hydrolysis) is 2. The van der Waals surface area contributed by atoms with Crippen LogP contribution in [0.3, 0.4) is 0 Å². The Morgan fingerprint density at radius 1 is 0.775 bits per heavy atom. The number of amides is 4. The fraction of sp³-hybridized carbons (Fsp3) is 0.519. The highest BCUT2D eigenvalue weighted by Gasteiger charge is 2.57. The first-order valence-corrected chi connectivity index (χ1v) is 25.7. The van der Waals surface area contributed by atoms with Gasteiger partial charge in [0.25, 0.3) is 5.91 Å². The minimum absolute atomic E-state index is 0.00659. The molecule has 5 heterocycles. The van der Waals surface area contributed by atoms with Crippen molar-refractivity contribution in [2.75, 3.05) is 52.0 Å². The van der Waals surface area contributed by atoms with Crippen LogP contribution in [0.2, 0.25) is 0 Å². The van der Waals surface area contributed by atoms with Crippen LogP contribution in [0.1, 0.15) is 75.3 Å². The monoisotopic (exact) mass is 1130 g/mol. The van der Waals surface area contributed by atoms with Gasteiger partial charge in [-0.1, -0.05) is 24.0 Å². The highest BCUT2D eigenvalue weighted by atomic mass is 19.4. The van der Waals surface area contributed by atoms with E-state index in [0.29, 0.717) is 67.5 Å². The van der Waals surface area contributed by atoms with E-state index in [1.165, 1.54) is 18.2 Å². The molecular weight excluding hydrogens is 1070 g/mol. The number of aliphatic hydroxyl groups excluding tert-OH is 1. The molecule has 2 aromatic carbocycles. The quantitative estimate of drug-likeness (QED) is 0.0406. The second-order valence-corrected chi connectivity index (χ2v) is 21.6. The minimum Gasteiger partial charge on any atom is -0.453 e. The summed E-state index contributed by atoms with van der Waals surface area (Å²) in [7, 11) is 1.67. The molecule has 26 heteroatoms. The molecule has 432 valence electrons. The Kier molecular flexibility index (Phi) is 17.4. The molecule has 2 bridgehead atoms. The molecule has 3 saturated heterocycles. The zero-order valence-corrected chi connectivity index (χ0v) is 44.6. The van der Waals surface area contributed by atoms with Gasteiger partial charge >= 0.3 is 24.5 Å². The van der Waals surface area contributed by atoms with Crippen molar-refractivity contribution in [3.8, 4) is 23.1 Å². The summed E-state index contributed by atoms with van der Waals surface area (Å²) in [6.07, 6.45) is -9.62. The number of rotatable bonds is 19. The van der Waals surface area contributed by atoms with Crippen LogP contribution in [-0.2, 0) is 36.8 Å². The average molecular weight is 1130 g/mol. The molecule has 4 fully saturated rings. The summed E-state index contributed by atoms with van der Waals surface area (Å²) < 4.78 is 136. The van der Waals surface area contributed by atoms with Gasteiger partial charge in [0.15, 0.2) is 0 Å². The molecule has 1 saturated carbocycles. The van der Waals surface area contributed by atoms with Crippen molar-refractivity contribution >= 4 is 29.8 Å². The Bertz CT molecular complexity index is 2930. The van der Waals surface area contributed by atoms with Crippen molar-refractivity contribution in [2.24, 2.45) is 10.8 Å². The van der Waals surface area contributed by atoms with E-state index < -0.39 is 108 Å². The molecule has 4 aromatic rings. The van der Waals surface area contributed by atoms with E-state index in [4.69, 9.17) is 4.74 Å². The number of carbonyl (C=O) groups is 4. The number of likely N-dealkylation sites (tertiary alicyclic amines) is 1. The van der Waals surface area contributed by atoms with Gasteiger partial charge < -0.3 is 40.2 Å². The number of pyridine rings is 1. The van der Waals surface area contributed by atoms with Crippen LogP contribution in [0.5, 0.6) is 0 Å². The van der Waals surface area contributed by atoms with Crippen LogP contribution in [-0.4, -0.2) is 156 Å². The van der Waals surface area contributed by atoms with Gasteiger partial charge in [-0.05, 0) is 101 Å². The standard InChI is InChI=1S/C54H62F8N10O8/c1-51(2,53(57,58)59)45(65-49(76)78-5)47(74)64-42(19-31-10-7-30(8-11-31)9-12-32-13-16-44(63-23-32)71-25-35-22-36(71)24-70(35)37-28-80-29-37)43(73)27-69(68-48(75)46(66-50(77)79-6)52(3,4)54(60,61)62)26-38-39(55)20-33(21-40(38)56)41-17-18-72(67-41)34-14-15-34/h7-8,10-11,13,16-18,20-21,23,34-37,42-43,45-46,73H,14-15,19,22,24-29H2,1-6H3,(H,64,74)(H,65,76)(H,66,77)(H,68,75)/t35-,36-,42+,43+,45-,46-/m1/s1. The SMILES string of the molecule is COC(=O)N[C@H](C(=O)N[C@@H](Cc1ccc(C#Cc2ccc(N3C[C@H]4C[C@@H]3CN4C3COC3)nc2)cc1)[C@@H](O)CN(Cc1c(F)cc(-c2ccn(C3CC3)n2)cc1F)NC(=O)[C@@H](NC(=O)OC)C(C)(C)C(F)(F)F)C(C)(C)C(F)(F)F.